The summed E-state index contributed by atoms with van der Waals surface area (Å²) < 4.78 is 0. The van der Waals surface area contributed by atoms with Crippen LogP contribution in [0.4, 0.5) is 0 Å². The predicted octanol–water partition coefficient (Wildman–Crippen LogP) is 3.08. The molecule has 1 aromatic carbocycles. The average Bonchev–Trinajstić information content (AvgIpc) is 3.14. The van der Waals surface area contributed by atoms with Crippen LogP contribution < -0.4 is 5.32 Å². The van der Waals surface area contributed by atoms with Crippen molar-refractivity contribution in [2.45, 2.75) is 32.9 Å². The van der Waals surface area contributed by atoms with Gasteiger partial charge in [0.2, 0.25) is 5.91 Å². The maximum absolute atomic E-state index is 13.4. The Bertz CT molecular complexity index is 900. The molecular weight excluding hydrogens is 322 g/mol. The van der Waals surface area contributed by atoms with Gasteiger partial charge in [-0.3, -0.25) is 4.79 Å². The molecule has 2 atom stereocenters. The number of nitriles is 1. The van der Waals surface area contributed by atoms with Crippen LogP contribution in [0.25, 0.3) is 0 Å². The first kappa shape index (κ1) is 16.8. The third-order valence-corrected chi connectivity index (χ3v) is 5.74. The maximum atomic E-state index is 13.4. The minimum Gasteiger partial charge on any atom is -0.329 e. The van der Waals surface area contributed by atoms with Crippen LogP contribution in [0.2, 0.25) is 0 Å². The Morgan fingerprint density at radius 1 is 1.31 bits per heavy atom. The zero-order valence-electron chi connectivity index (χ0n) is 15.2. The lowest BCUT2D eigenvalue weighted by atomic mass is 9.77. The molecule has 4 nitrogen and oxygen atoms in total. The van der Waals surface area contributed by atoms with Gasteiger partial charge < -0.3 is 10.2 Å². The van der Waals surface area contributed by atoms with Crippen LogP contribution in [-0.4, -0.2) is 29.9 Å². The van der Waals surface area contributed by atoms with Gasteiger partial charge in [-0.2, -0.15) is 5.26 Å². The fourth-order valence-electron chi connectivity index (χ4n) is 4.39. The number of allylic oxidation sites excluding steroid dienone is 3. The third-order valence-electron chi connectivity index (χ3n) is 5.74. The molecular formula is C22H23N3O. The zero-order valence-corrected chi connectivity index (χ0v) is 15.2. The van der Waals surface area contributed by atoms with Gasteiger partial charge >= 0.3 is 0 Å². The Kier molecular flexibility index (Phi) is 4.26. The van der Waals surface area contributed by atoms with E-state index in [1.165, 1.54) is 16.7 Å². The van der Waals surface area contributed by atoms with Crippen molar-refractivity contribution in [3.63, 3.8) is 0 Å². The summed E-state index contributed by atoms with van der Waals surface area (Å²) >= 11 is 0. The molecule has 1 N–H and O–H groups in total. The van der Waals surface area contributed by atoms with Crippen LogP contribution in [0.3, 0.4) is 0 Å². The second kappa shape index (κ2) is 6.59. The van der Waals surface area contributed by atoms with Gasteiger partial charge in [-0.15, -0.1) is 0 Å². The van der Waals surface area contributed by atoms with E-state index < -0.39 is 0 Å². The number of amides is 1. The minimum atomic E-state index is -0.175. The van der Waals surface area contributed by atoms with Gasteiger partial charge in [0, 0.05) is 19.6 Å². The largest absolute Gasteiger partial charge is 0.329 e. The summed E-state index contributed by atoms with van der Waals surface area (Å²) in [5.74, 6) is -0.0176. The normalized spacial score (nSPS) is 24.7. The second-order valence-corrected chi connectivity index (χ2v) is 7.26. The highest BCUT2D eigenvalue weighted by Gasteiger charge is 2.43. The van der Waals surface area contributed by atoms with Crippen molar-refractivity contribution in [3.8, 4) is 6.07 Å². The Morgan fingerprint density at radius 2 is 2.12 bits per heavy atom. The number of benzene rings is 1. The molecule has 1 saturated heterocycles. The van der Waals surface area contributed by atoms with E-state index in [2.05, 4.69) is 37.4 Å². The number of carbonyl (C=O) groups is 1. The van der Waals surface area contributed by atoms with Crippen molar-refractivity contribution >= 4 is 5.91 Å². The minimum absolute atomic E-state index is 0.0840. The molecule has 0 saturated carbocycles. The molecule has 132 valence electrons. The van der Waals surface area contributed by atoms with Gasteiger partial charge in [-0.05, 0) is 41.7 Å². The van der Waals surface area contributed by atoms with E-state index in [4.69, 9.17) is 0 Å². The fraction of sp³-hybridized carbons (Fsp3) is 0.364. The molecule has 3 aliphatic rings. The average molecular weight is 345 g/mol. The molecule has 1 aliphatic carbocycles. The van der Waals surface area contributed by atoms with Crippen molar-refractivity contribution in [2.24, 2.45) is 5.92 Å². The summed E-state index contributed by atoms with van der Waals surface area (Å²) in [6.07, 6.45) is 5.37. The van der Waals surface area contributed by atoms with Gasteiger partial charge in [0.15, 0.2) is 0 Å². The maximum Gasteiger partial charge on any atom is 0.235 e. The zero-order chi connectivity index (χ0) is 18.3. The lowest BCUT2D eigenvalue weighted by Crippen LogP contribution is -2.49. The Labute approximate surface area is 154 Å². The van der Waals surface area contributed by atoms with Crippen LogP contribution in [0.1, 0.15) is 31.4 Å². The lowest BCUT2D eigenvalue weighted by molar-refractivity contribution is -0.136. The van der Waals surface area contributed by atoms with Crippen molar-refractivity contribution < 1.29 is 4.79 Å². The number of hydrogen-bond donors (Lipinski definition) is 1. The number of fused-ring (bicyclic) bond motifs is 2. The first-order valence-electron chi connectivity index (χ1n) is 9.25. The molecule has 0 bridgehead atoms. The fourth-order valence-corrected chi connectivity index (χ4v) is 4.39. The summed E-state index contributed by atoms with van der Waals surface area (Å²) in [5, 5.41) is 12.8. The monoisotopic (exact) mass is 345 g/mol. The van der Waals surface area contributed by atoms with Crippen LogP contribution in [0, 0.1) is 17.2 Å². The standard InChI is InChI=1S/C22H23N3O/c1-3-15-8-14(2)21-18(9-15)19-11-24-12-20(19)25(22(21)26)13-17-7-5-4-6-16(17)10-23/h4-9,20-21,24H,3,11-13H2,1-2H3/t20-,21-/m1/s1. The summed E-state index contributed by atoms with van der Waals surface area (Å²) in [6.45, 7) is 6.32. The van der Waals surface area contributed by atoms with Crippen molar-refractivity contribution in [1.29, 1.82) is 5.26 Å². The molecule has 1 aromatic rings. The van der Waals surface area contributed by atoms with E-state index in [1.807, 2.05) is 29.2 Å². The smallest absolute Gasteiger partial charge is 0.235 e. The molecule has 1 fully saturated rings. The molecule has 0 aromatic heterocycles. The highest BCUT2D eigenvalue weighted by Crippen LogP contribution is 2.40. The predicted molar refractivity (Wildman–Crippen MR) is 101 cm³/mol. The number of nitrogens with one attached hydrogen (secondary N) is 1. The van der Waals surface area contributed by atoms with Gasteiger partial charge in [0.05, 0.1) is 23.6 Å². The van der Waals surface area contributed by atoms with Crippen LogP contribution >= 0.6 is 0 Å². The number of nitrogens with zero attached hydrogens (tertiary/aromatic N) is 2. The Morgan fingerprint density at radius 3 is 2.88 bits per heavy atom. The van der Waals surface area contributed by atoms with E-state index in [-0.39, 0.29) is 17.9 Å². The van der Waals surface area contributed by atoms with E-state index >= 15 is 0 Å². The molecule has 4 heteroatoms. The van der Waals surface area contributed by atoms with Crippen LogP contribution in [0.15, 0.2) is 58.7 Å². The molecule has 2 aliphatic heterocycles. The van der Waals surface area contributed by atoms with Crippen molar-refractivity contribution in [2.75, 3.05) is 13.1 Å². The molecule has 4 rings (SSSR count). The number of hydrogen-bond acceptors (Lipinski definition) is 3. The first-order valence-corrected chi connectivity index (χ1v) is 9.25. The number of rotatable bonds is 3. The summed E-state index contributed by atoms with van der Waals surface area (Å²) in [5.41, 5.74) is 6.52. The molecule has 0 unspecified atom stereocenters. The second-order valence-electron chi connectivity index (χ2n) is 7.26. The van der Waals surface area contributed by atoms with Crippen LogP contribution in [-0.2, 0) is 11.3 Å². The highest BCUT2D eigenvalue weighted by atomic mass is 16.2. The lowest BCUT2D eigenvalue weighted by Gasteiger charge is -2.40. The Hall–Kier alpha value is -2.64. The van der Waals surface area contributed by atoms with Gasteiger partial charge in [0.1, 0.15) is 0 Å². The molecule has 1 amide bonds. The van der Waals surface area contributed by atoms with E-state index in [0.717, 1.165) is 30.6 Å². The van der Waals surface area contributed by atoms with E-state index in [1.54, 1.807) is 0 Å². The summed E-state index contributed by atoms with van der Waals surface area (Å²) in [7, 11) is 0. The van der Waals surface area contributed by atoms with Gasteiger partial charge in [-0.1, -0.05) is 42.8 Å². The van der Waals surface area contributed by atoms with E-state index in [9.17, 15) is 10.1 Å². The van der Waals surface area contributed by atoms with Crippen molar-refractivity contribution in [1.82, 2.24) is 10.2 Å². The van der Waals surface area contributed by atoms with Crippen LogP contribution in [0.5, 0.6) is 0 Å². The SMILES string of the molecule is CCC1=CC2=C3CNC[C@H]3N(Cc3ccccc3C#N)C(=O)[C@@H]2C(C)=C1. The quantitative estimate of drug-likeness (QED) is 0.916. The molecule has 0 radical (unpaired) electrons. The summed E-state index contributed by atoms with van der Waals surface area (Å²) in [6, 6.07) is 9.91. The van der Waals surface area contributed by atoms with Gasteiger partial charge in [0.25, 0.3) is 0 Å². The topological polar surface area (TPSA) is 56.1 Å². The number of carbonyl (C=O) groups excluding carboxylic acids is 1. The van der Waals surface area contributed by atoms with Gasteiger partial charge in [-0.25, -0.2) is 0 Å². The highest BCUT2D eigenvalue weighted by molar-refractivity contribution is 5.89. The third kappa shape index (κ3) is 2.60. The molecule has 2 heterocycles. The van der Waals surface area contributed by atoms with Crippen molar-refractivity contribution in [3.05, 3.63) is 69.8 Å². The molecule has 0 spiro atoms. The molecule has 26 heavy (non-hydrogen) atoms. The first-order chi connectivity index (χ1) is 12.6. The summed E-state index contributed by atoms with van der Waals surface area (Å²) in [4.78, 5) is 15.4. The Balaban J connectivity index is 1.77. The van der Waals surface area contributed by atoms with E-state index in [0.29, 0.717) is 12.1 Å².